The van der Waals surface area contributed by atoms with E-state index in [-0.39, 0.29) is 29.5 Å². The lowest BCUT2D eigenvalue weighted by atomic mass is 9.69. The molecule has 1 saturated heterocycles. The molecule has 6 nitrogen and oxygen atoms in total. The number of halogens is 1. The Morgan fingerprint density at radius 1 is 1.24 bits per heavy atom. The number of aromatic amines is 1. The van der Waals surface area contributed by atoms with E-state index < -0.39 is 5.54 Å². The number of carbonyl (C=O) groups is 1. The van der Waals surface area contributed by atoms with Crippen LogP contribution in [0.3, 0.4) is 0 Å². The minimum absolute atomic E-state index is 0.0297. The average molecular weight is 461 g/mol. The van der Waals surface area contributed by atoms with Gasteiger partial charge in [0.2, 0.25) is 0 Å². The molecule has 2 aromatic carbocycles. The van der Waals surface area contributed by atoms with E-state index in [0.29, 0.717) is 16.3 Å². The molecule has 3 aliphatic rings. The smallest absolute Gasteiger partial charge is 0.260 e. The van der Waals surface area contributed by atoms with Crippen molar-refractivity contribution >= 4 is 39.8 Å². The van der Waals surface area contributed by atoms with Crippen LogP contribution in [0.2, 0.25) is 5.02 Å². The van der Waals surface area contributed by atoms with Crippen LogP contribution in [-0.4, -0.2) is 38.2 Å². The number of amides is 1. The van der Waals surface area contributed by atoms with Crippen LogP contribution < -0.4 is 5.43 Å². The normalized spacial score (nSPS) is 25.6. The van der Waals surface area contributed by atoms with Crippen molar-refractivity contribution in [2.45, 2.75) is 44.7 Å². The maximum absolute atomic E-state index is 13.7. The maximum atomic E-state index is 13.7. The number of hydrogen-bond acceptors (Lipinski definition) is 4. The molecule has 0 spiro atoms. The molecule has 168 valence electrons. The molecule has 7 heteroatoms. The SMILES string of the molecule is C/C(=N\Nc1ccc(Cl)cc1)C1=C(O)[C@@H]2[C@H]3c4c[nH]c5cccc(c45)C[C@H]3C(C)(C)N2C1=O. The van der Waals surface area contributed by atoms with Crippen LogP contribution in [-0.2, 0) is 11.2 Å². The summed E-state index contributed by atoms with van der Waals surface area (Å²) < 4.78 is 0. The second kappa shape index (κ2) is 6.87. The molecule has 1 fully saturated rings. The second-order valence-corrected chi connectivity index (χ2v) is 10.2. The summed E-state index contributed by atoms with van der Waals surface area (Å²) in [7, 11) is 0. The van der Waals surface area contributed by atoms with Gasteiger partial charge in [0.1, 0.15) is 11.3 Å². The standard InChI is InChI=1S/C26H25ClN4O2/c1-13(29-30-16-9-7-15(27)8-10-16)20-24(32)23-22-17-12-28-19-6-4-5-14(21(17)19)11-18(22)26(2,3)31(23)25(20)33/h4-10,12,18,22-23,28,30,32H,11H2,1-3H3/b29-13+/t18-,22+,23+/m1/s1. The number of aliphatic hydroxyl groups excluding tert-OH is 1. The van der Waals surface area contributed by atoms with Crippen molar-refractivity contribution in [1.29, 1.82) is 0 Å². The van der Waals surface area contributed by atoms with E-state index >= 15 is 0 Å². The van der Waals surface area contributed by atoms with E-state index in [0.717, 1.165) is 17.6 Å². The number of H-pyrrole nitrogens is 1. The van der Waals surface area contributed by atoms with Crippen LogP contribution in [0.1, 0.15) is 37.8 Å². The first-order valence-corrected chi connectivity index (χ1v) is 11.6. The monoisotopic (exact) mass is 460 g/mol. The van der Waals surface area contributed by atoms with Gasteiger partial charge in [-0.3, -0.25) is 10.2 Å². The third-order valence-corrected chi connectivity index (χ3v) is 7.98. The van der Waals surface area contributed by atoms with Gasteiger partial charge in [-0.1, -0.05) is 23.7 Å². The zero-order valence-electron chi connectivity index (χ0n) is 18.7. The van der Waals surface area contributed by atoms with Crippen LogP contribution in [0.25, 0.3) is 10.9 Å². The fraction of sp³-hybridized carbons (Fsp3) is 0.308. The van der Waals surface area contributed by atoms with Crippen LogP contribution in [0.15, 0.2) is 65.1 Å². The molecular weight excluding hydrogens is 436 g/mol. The summed E-state index contributed by atoms with van der Waals surface area (Å²) in [5, 5.41) is 17.7. The van der Waals surface area contributed by atoms with Crippen molar-refractivity contribution in [3.63, 3.8) is 0 Å². The highest BCUT2D eigenvalue weighted by Gasteiger charge is 2.62. The third kappa shape index (κ3) is 2.73. The molecule has 1 aliphatic carbocycles. The van der Waals surface area contributed by atoms with Crippen LogP contribution in [0.4, 0.5) is 5.69 Å². The van der Waals surface area contributed by atoms with Gasteiger partial charge in [0, 0.05) is 33.6 Å². The zero-order chi connectivity index (χ0) is 23.1. The van der Waals surface area contributed by atoms with E-state index in [1.165, 1.54) is 16.5 Å². The summed E-state index contributed by atoms with van der Waals surface area (Å²) in [4.78, 5) is 19.0. The number of nitrogens with one attached hydrogen (secondary N) is 2. The van der Waals surface area contributed by atoms with Crippen molar-refractivity contribution in [2.75, 3.05) is 5.43 Å². The molecule has 6 rings (SSSR count). The van der Waals surface area contributed by atoms with Crippen molar-refractivity contribution in [2.24, 2.45) is 11.0 Å². The fourth-order valence-corrected chi connectivity index (χ4v) is 6.33. The van der Waals surface area contributed by atoms with Gasteiger partial charge in [-0.25, -0.2) is 0 Å². The number of anilines is 1. The quantitative estimate of drug-likeness (QED) is 0.362. The van der Waals surface area contributed by atoms with Crippen LogP contribution in [0.5, 0.6) is 0 Å². The number of aliphatic hydroxyl groups is 1. The number of nitrogens with zero attached hydrogens (tertiary/aromatic N) is 2. The molecule has 3 N–H and O–H groups in total. The number of hydrazone groups is 1. The largest absolute Gasteiger partial charge is 0.509 e. The van der Waals surface area contributed by atoms with Crippen LogP contribution in [0, 0.1) is 5.92 Å². The van der Waals surface area contributed by atoms with E-state index in [9.17, 15) is 9.90 Å². The van der Waals surface area contributed by atoms with Crippen molar-refractivity contribution in [3.8, 4) is 0 Å². The van der Waals surface area contributed by atoms with E-state index in [1.807, 2.05) is 17.0 Å². The number of rotatable bonds is 3. The summed E-state index contributed by atoms with van der Waals surface area (Å²) in [6.07, 6.45) is 2.94. The fourth-order valence-electron chi connectivity index (χ4n) is 6.21. The molecule has 3 atom stereocenters. The average Bonchev–Trinajstić information content (AvgIpc) is 3.40. The number of carbonyl (C=O) groups excluding carboxylic acids is 1. The van der Waals surface area contributed by atoms with Crippen molar-refractivity contribution in [1.82, 2.24) is 9.88 Å². The molecule has 0 bridgehead atoms. The summed E-state index contributed by atoms with van der Waals surface area (Å²) in [6, 6.07) is 13.1. The maximum Gasteiger partial charge on any atom is 0.260 e. The van der Waals surface area contributed by atoms with E-state index in [2.05, 4.69) is 53.8 Å². The second-order valence-electron chi connectivity index (χ2n) is 9.77. The van der Waals surface area contributed by atoms with Gasteiger partial charge in [-0.15, -0.1) is 0 Å². The minimum Gasteiger partial charge on any atom is -0.509 e. The summed E-state index contributed by atoms with van der Waals surface area (Å²) in [6.45, 7) is 5.99. The molecular formula is C26H25ClN4O2. The van der Waals surface area contributed by atoms with Gasteiger partial charge >= 0.3 is 0 Å². The van der Waals surface area contributed by atoms with Crippen molar-refractivity contribution < 1.29 is 9.90 Å². The molecule has 0 saturated carbocycles. The highest BCUT2D eigenvalue weighted by molar-refractivity contribution is 6.30. The minimum atomic E-state index is -0.414. The molecule has 1 amide bonds. The number of fused-ring (bicyclic) bond motifs is 4. The highest BCUT2D eigenvalue weighted by Crippen LogP contribution is 2.58. The summed E-state index contributed by atoms with van der Waals surface area (Å²) in [5.41, 5.74) is 7.66. The summed E-state index contributed by atoms with van der Waals surface area (Å²) in [5.74, 6) is 0.205. The zero-order valence-corrected chi connectivity index (χ0v) is 19.4. The predicted molar refractivity (Wildman–Crippen MR) is 131 cm³/mol. The Labute approximate surface area is 196 Å². The van der Waals surface area contributed by atoms with Crippen LogP contribution >= 0.6 is 11.6 Å². The highest BCUT2D eigenvalue weighted by atomic mass is 35.5. The lowest BCUT2D eigenvalue weighted by Crippen LogP contribution is -2.47. The number of hydrogen-bond donors (Lipinski definition) is 3. The van der Waals surface area contributed by atoms with Gasteiger partial charge in [-0.2, -0.15) is 5.10 Å². The van der Waals surface area contributed by atoms with Gasteiger partial charge in [-0.05, 0) is 74.6 Å². The predicted octanol–water partition coefficient (Wildman–Crippen LogP) is 5.38. The van der Waals surface area contributed by atoms with E-state index in [1.54, 1.807) is 19.1 Å². The van der Waals surface area contributed by atoms with Gasteiger partial charge in [0.15, 0.2) is 0 Å². The molecule has 0 unspecified atom stereocenters. The number of benzene rings is 2. The first kappa shape index (κ1) is 20.4. The molecule has 3 aromatic rings. The third-order valence-electron chi connectivity index (χ3n) is 7.73. The first-order valence-electron chi connectivity index (χ1n) is 11.2. The van der Waals surface area contributed by atoms with Gasteiger partial charge < -0.3 is 15.0 Å². The molecule has 33 heavy (non-hydrogen) atoms. The molecule has 1 aromatic heterocycles. The lowest BCUT2D eigenvalue weighted by Gasteiger charge is -2.37. The molecule has 0 radical (unpaired) electrons. The first-order chi connectivity index (χ1) is 15.8. The Hall–Kier alpha value is -3.25. The Bertz CT molecular complexity index is 1370. The van der Waals surface area contributed by atoms with E-state index in [4.69, 9.17) is 11.6 Å². The Morgan fingerprint density at radius 3 is 2.76 bits per heavy atom. The lowest BCUT2D eigenvalue weighted by molar-refractivity contribution is -0.130. The Kier molecular flexibility index (Phi) is 4.24. The van der Waals surface area contributed by atoms with Crippen molar-refractivity contribution in [3.05, 3.63) is 76.1 Å². The van der Waals surface area contributed by atoms with Gasteiger partial charge in [0.05, 0.1) is 17.4 Å². The Balaban J connectivity index is 1.42. The Morgan fingerprint density at radius 2 is 2.00 bits per heavy atom. The summed E-state index contributed by atoms with van der Waals surface area (Å²) >= 11 is 5.95. The number of aromatic nitrogens is 1. The topological polar surface area (TPSA) is 80.7 Å². The molecule has 2 aliphatic heterocycles. The van der Waals surface area contributed by atoms with Gasteiger partial charge in [0.25, 0.3) is 5.91 Å². The molecule has 3 heterocycles.